The van der Waals surface area contributed by atoms with Crippen molar-refractivity contribution < 1.29 is 4.74 Å². The maximum Gasteiger partial charge on any atom is 0.136 e. The number of fused-ring (bicyclic) bond motifs is 1. The largest absolute Gasteiger partial charge is 0.389 e. The standard InChI is InChI=1S/C19H21N3OS/c1-12-8-16-17(9-13(12)2)22(18(21-16)11-23-3)10-14-4-6-15(7-5-14)19(20)24/h4-9H,10-11H2,1-3H3,(H2,20,24). The van der Waals surface area contributed by atoms with Crippen LogP contribution in [0.1, 0.15) is 28.1 Å². The number of ether oxygens (including phenoxy) is 1. The Kier molecular flexibility index (Phi) is 4.64. The molecule has 2 N–H and O–H groups in total. The quantitative estimate of drug-likeness (QED) is 0.723. The molecule has 0 fully saturated rings. The molecule has 0 aliphatic heterocycles. The fourth-order valence-electron chi connectivity index (χ4n) is 2.80. The third-order valence-corrected chi connectivity index (χ3v) is 4.53. The zero-order chi connectivity index (χ0) is 17.3. The van der Waals surface area contributed by atoms with Crippen molar-refractivity contribution >= 4 is 28.2 Å². The van der Waals surface area contributed by atoms with Gasteiger partial charge in [0.1, 0.15) is 17.4 Å². The summed E-state index contributed by atoms with van der Waals surface area (Å²) in [4.78, 5) is 5.16. The maximum atomic E-state index is 5.67. The number of hydrogen-bond donors (Lipinski definition) is 1. The van der Waals surface area contributed by atoms with E-state index in [9.17, 15) is 0 Å². The first-order chi connectivity index (χ1) is 11.5. The van der Waals surface area contributed by atoms with Gasteiger partial charge in [0.25, 0.3) is 0 Å². The molecule has 0 amide bonds. The molecule has 3 rings (SSSR count). The molecule has 1 aromatic heterocycles. The van der Waals surface area contributed by atoms with Gasteiger partial charge in [0.05, 0.1) is 11.0 Å². The Bertz CT molecular complexity index is 897. The number of thiocarbonyl (C=S) groups is 1. The minimum atomic E-state index is 0.417. The summed E-state index contributed by atoms with van der Waals surface area (Å²) in [7, 11) is 1.69. The number of benzene rings is 2. The fourth-order valence-corrected chi connectivity index (χ4v) is 2.94. The number of aromatic nitrogens is 2. The summed E-state index contributed by atoms with van der Waals surface area (Å²) >= 11 is 5.01. The summed E-state index contributed by atoms with van der Waals surface area (Å²) in [5.41, 5.74) is 12.4. The van der Waals surface area contributed by atoms with Crippen LogP contribution < -0.4 is 5.73 Å². The Morgan fingerprint density at radius 1 is 1.17 bits per heavy atom. The van der Waals surface area contributed by atoms with Gasteiger partial charge in [0.15, 0.2) is 0 Å². The molecule has 0 unspecified atom stereocenters. The zero-order valence-corrected chi connectivity index (χ0v) is 15.0. The van der Waals surface area contributed by atoms with Gasteiger partial charge < -0.3 is 15.0 Å². The highest BCUT2D eigenvalue weighted by Crippen LogP contribution is 2.22. The second kappa shape index (κ2) is 6.71. The average molecular weight is 339 g/mol. The van der Waals surface area contributed by atoms with Crippen LogP contribution in [0.3, 0.4) is 0 Å². The molecular formula is C19H21N3OS. The number of nitrogens with two attached hydrogens (primary N) is 1. The fraction of sp³-hybridized carbons (Fsp3) is 0.263. The molecule has 24 heavy (non-hydrogen) atoms. The van der Waals surface area contributed by atoms with Gasteiger partial charge in [-0.15, -0.1) is 0 Å². The van der Waals surface area contributed by atoms with Crippen LogP contribution in [0, 0.1) is 13.8 Å². The Morgan fingerprint density at radius 2 is 1.83 bits per heavy atom. The van der Waals surface area contributed by atoms with Crippen LogP contribution in [-0.2, 0) is 17.9 Å². The number of rotatable bonds is 5. The molecular weight excluding hydrogens is 318 g/mol. The van der Waals surface area contributed by atoms with Crippen LogP contribution in [0.25, 0.3) is 11.0 Å². The first kappa shape index (κ1) is 16.6. The maximum absolute atomic E-state index is 5.67. The van der Waals surface area contributed by atoms with Crippen LogP contribution >= 0.6 is 12.2 Å². The van der Waals surface area contributed by atoms with E-state index in [2.05, 4.69) is 42.7 Å². The minimum Gasteiger partial charge on any atom is -0.389 e. The first-order valence-corrected chi connectivity index (χ1v) is 8.24. The van der Waals surface area contributed by atoms with Gasteiger partial charge in [-0.3, -0.25) is 0 Å². The van der Waals surface area contributed by atoms with E-state index >= 15 is 0 Å². The third-order valence-electron chi connectivity index (χ3n) is 4.30. The SMILES string of the molecule is COCc1nc2cc(C)c(C)cc2n1Cc1ccc(C(N)=S)cc1. The van der Waals surface area contributed by atoms with Crippen molar-refractivity contribution in [2.24, 2.45) is 5.73 Å². The van der Waals surface area contributed by atoms with Gasteiger partial charge >= 0.3 is 0 Å². The molecule has 1 heterocycles. The van der Waals surface area contributed by atoms with Crippen molar-refractivity contribution in [1.82, 2.24) is 9.55 Å². The number of nitrogens with zero attached hydrogens (tertiary/aromatic N) is 2. The van der Waals surface area contributed by atoms with Crippen molar-refractivity contribution in [3.63, 3.8) is 0 Å². The van der Waals surface area contributed by atoms with E-state index in [1.807, 2.05) is 12.1 Å². The molecule has 5 heteroatoms. The van der Waals surface area contributed by atoms with Crippen molar-refractivity contribution in [2.45, 2.75) is 27.0 Å². The van der Waals surface area contributed by atoms with Gasteiger partial charge in [-0.1, -0.05) is 36.5 Å². The molecule has 0 aliphatic carbocycles. The summed E-state index contributed by atoms with van der Waals surface area (Å²) < 4.78 is 7.54. The van der Waals surface area contributed by atoms with Gasteiger partial charge in [-0.2, -0.15) is 0 Å². The van der Waals surface area contributed by atoms with Gasteiger partial charge in [-0.05, 0) is 42.7 Å². The van der Waals surface area contributed by atoms with Crippen molar-refractivity contribution in [3.05, 3.63) is 64.5 Å². The number of hydrogen-bond acceptors (Lipinski definition) is 3. The van der Waals surface area contributed by atoms with Gasteiger partial charge in [-0.25, -0.2) is 4.98 Å². The monoisotopic (exact) mass is 339 g/mol. The molecule has 0 spiro atoms. The van der Waals surface area contributed by atoms with Crippen LogP contribution in [0.5, 0.6) is 0 Å². The number of aryl methyl sites for hydroxylation is 2. The second-order valence-electron chi connectivity index (χ2n) is 6.03. The lowest BCUT2D eigenvalue weighted by Gasteiger charge is -2.10. The van der Waals surface area contributed by atoms with Gasteiger partial charge in [0, 0.05) is 19.2 Å². The molecule has 4 nitrogen and oxygen atoms in total. The molecule has 0 aliphatic rings. The molecule has 0 saturated heterocycles. The molecule has 0 saturated carbocycles. The van der Waals surface area contributed by atoms with E-state index in [1.165, 1.54) is 16.7 Å². The van der Waals surface area contributed by atoms with Crippen LogP contribution in [0.15, 0.2) is 36.4 Å². The minimum absolute atomic E-state index is 0.417. The van der Waals surface area contributed by atoms with E-state index in [0.29, 0.717) is 11.6 Å². The van der Waals surface area contributed by atoms with E-state index in [0.717, 1.165) is 29.0 Å². The highest BCUT2D eigenvalue weighted by atomic mass is 32.1. The smallest absolute Gasteiger partial charge is 0.136 e. The predicted molar refractivity (Wildman–Crippen MR) is 101 cm³/mol. The third kappa shape index (κ3) is 3.18. The van der Waals surface area contributed by atoms with Crippen molar-refractivity contribution in [3.8, 4) is 0 Å². The summed E-state index contributed by atoms with van der Waals surface area (Å²) in [6, 6.07) is 12.4. The highest BCUT2D eigenvalue weighted by molar-refractivity contribution is 7.80. The molecule has 2 aromatic carbocycles. The van der Waals surface area contributed by atoms with E-state index in [1.54, 1.807) is 7.11 Å². The first-order valence-electron chi connectivity index (χ1n) is 7.83. The summed E-state index contributed by atoms with van der Waals surface area (Å²) in [6.07, 6.45) is 0. The Morgan fingerprint density at radius 3 is 2.46 bits per heavy atom. The van der Waals surface area contributed by atoms with Crippen LogP contribution in [0.4, 0.5) is 0 Å². The molecule has 124 valence electrons. The average Bonchev–Trinajstić information content (AvgIpc) is 2.86. The number of imidazole rings is 1. The van der Waals surface area contributed by atoms with Crippen molar-refractivity contribution in [2.75, 3.05) is 7.11 Å². The van der Waals surface area contributed by atoms with Crippen LogP contribution in [-0.4, -0.2) is 21.6 Å². The summed E-state index contributed by atoms with van der Waals surface area (Å²) in [5, 5.41) is 0. The van der Waals surface area contributed by atoms with E-state index < -0.39 is 0 Å². The number of methoxy groups -OCH3 is 1. The molecule has 0 atom stereocenters. The lowest BCUT2D eigenvalue weighted by Crippen LogP contribution is -2.10. The summed E-state index contributed by atoms with van der Waals surface area (Å²) in [5.74, 6) is 0.927. The lowest BCUT2D eigenvalue weighted by molar-refractivity contribution is 0.175. The van der Waals surface area contributed by atoms with Crippen LogP contribution in [0.2, 0.25) is 0 Å². The van der Waals surface area contributed by atoms with E-state index in [-0.39, 0.29) is 0 Å². The topological polar surface area (TPSA) is 53.1 Å². The van der Waals surface area contributed by atoms with Crippen molar-refractivity contribution in [1.29, 1.82) is 0 Å². The summed E-state index contributed by atoms with van der Waals surface area (Å²) in [6.45, 7) is 5.45. The Balaban J connectivity index is 2.04. The zero-order valence-electron chi connectivity index (χ0n) is 14.2. The Hall–Kier alpha value is -2.24. The second-order valence-corrected chi connectivity index (χ2v) is 6.47. The Labute approximate surface area is 147 Å². The molecule has 3 aromatic rings. The highest BCUT2D eigenvalue weighted by Gasteiger charge is 2.12. The normalized spacial score (nSPS) is 11.1. The predicted octanol–water partition coefficient (Wildman–Crippen LogP) is 3.48. The van der Waals surface area contributed by atoms with Gasteiger partial charge in [0.2, 0.25) is 0 Å². The van der Waals surface area contributed by atoms with E-state index in [4.69, 9.17) is 27.7 Å². The molecule has 0 radical (unpaired) electrons. The molecule has 0 bridgehead atoms. The lowest BCUT2D eigenvalue weighted by atomic mass is 10.1.